The van der Waals surface area contributed by atoms with Gasteiger partial charge in [0, 0.05) is 27.8 Å². The number of nitrogens with zero attached hydrogens (tertiary/aromatic N) is 1. The summed E-state index contributed by atoms with van der Waals surface area (Å²) < 4.78 is 6.14. The van der Waals surface area contributed by atoms with Crippen molar-refractivity contribution in [3.05, 3.63) is 175 Å². The van der Waals surface area contributed by atoms with Crippen molar-refractivity contribution in [2.75, 3.05) is 4.90 Å². The Morgan fingerprint density at radius 3 is 1.67 bits per heavy atom. The standard InChI is InChI=1S/C46H37NO/c1-46(2,3)42-31-37(33-15-8-5-9-16-33)23-27-43(42)47(38-25-21-34(22-26-38)32-13-6-4-7-14-32)39-18-12-17-35(29-39)36-24-28-45-41(30-36)40-19-10-11-20-44(40)48-45/h4-31H,1-3H3. The molecule has 0 atom stereocenters. The minimum absolute atomic E-state index is 0.104. The fourth-order valence-corrected chi connectivity index (χ4v) is 6.73. The van der Waals surface area contributed by atoms with Gasteiger partial charge in [-0.1, -0.05) is 136 Å². The topological polar surface area (TPSA) is 16.4 Å². The maximum Gasteiger partial charge on any atom is 0.135 e. The van der Waals surface area contributed by atoms with Crippen LogP contribution in [0.1, 0.15) is 26.3 Å². The van der Waals surface area contributed by atoms with Crippen LogP contribution < -0.4 is 4.90 Å². The molecule has 0 aliphatic heterocycles. The van der Waals surface area contributed by atoms with Crippen LogP contribution in [0.3, 0.4) is 0 Å². The number of furan rings is 1. The lowest BCUT2D eigenvalue weighted by Gasteiger charge is -2.33. The van der Waals surface area contributed by atoms with E-state index in [-0.39, 0.29) is 5.41 Å². The van der Waals surface area contributed by atoms with E-state index in [1.807, 2.05) is 12.1 Å². The molecule has 0 spiro atoms. The van der Waals surface area contributed by atoms with E-state index in [1.165, 1.54) is 33.5 Å². The molecule has 1 heterocycles. The molecule has 2 heteroatoms. The first-order valence-electron chi connectivity index (χ1n) is 16.6. The number of hydrogen-bond acceptors (Lipinski definition) is 2. The van der Waals surface area contributed by atoms with Crippen molar-refractivity contribution in [3.8, 4) is 33.4 Å². The smallest absolute Gasteiger partial charge is 0.135 e. The van der Waals surface area contributed by atoms with Gasteiger partial charge in [-0.25, -0.2) is 0 Å². The van der Waals surface area contributed by atoms with Gasteiger partial charge in [-0.2, -0.15) is 0 Å². The van der Waals surface area contributed by atoms with Gasteiger partial charge < -0.3 is 9.32 Å². The molecular weight excluding hydrogens is 583 g/mol. The predicted octanol–water partition coefficient (Wildman–Crippen LogP) is 13.4. The minimum atomic E-state index is -0.104. The van der Waals surface area contributed by atoms with Crippen molar-refractivity contribution in [3.63, 3.8) is 0 Å². The van der Waals surface area contributed by atoms with E-state index in [1.54, 1.807) is 0 Å². The highest BCUT2D eigenvalue weighted by Gasteiger charge is 2.25. The van der Waals surface area contributed by atoms with E-state index >= 15 is 0 Å². The van der Waals surface area contributed by atoms with E-state index < -0.39 is 0 Å². The summed E-state index contributed by atoms with van der Waals surface area (Å²) in [5.41, 5.74) is 13.6. The molecule has 8 aromatic rings. The van der Waals surface area contributed by atoms with Crippen LogP contribution in [0, 0.1) is 0 Å². The van der Waals surface area contributed by atoms with E-state index in [0.717, 1.165) is 44.4 Å². The van der Waals surface area contributed by atoms with Crippen LogP contribution in [0.5, 0.6) is 0 Å². The fraction of sp³-hybridized carbons (Fsp3) is 0.0870. The Kier molecular flexibility index (Phi) is 7.42. The summed E-state index contributed by atoms with van der Waals surface area (Å²) in [6, 6.07) is 60.8. The van der Waals surface area contributed by atoms with E-state index in [0.29, 0.717) is 0 Å². The Morgan fingerprint density at radius 2 is 0.938 bits per heavy atom. The van der Waals surface area contributed by atoms with Gasteiger partial charge in [-0.05, 0) is 99.0 Å². The minimum Gasteiger partial charge on any atom is -0.456 e. The zero-order chi connectivity index (χ0) is 32.7. The predicted molar refractivity (Wildman–Crippen MR) is 203 cm³/mol. The van der Waals surface area contributed by atoms with E-state index in [4.69, 9.17) is 4.42 Å². The second-order valence-corrected chi connectivity index (χ2v) is 13.5. The highest BCUT2D eigenvalue weighted by atomic mass is 16.3. The molecule has 8 rings (SSSR count). The Bertz CT molecular complexity index is 2360. The summed E-state index contributed by atoms with van der Waals surface area (Å²) in [4.78, 5) is 2.42. The average Bonchev–Trinajstić information content (AvgIpc) is 3.51. The summed E-state index contributed by atoms with van der Waals surface area (Å²) in [6.07, 6.45) is 0. The Labute approximate surface area is 282 Å². The van der Waals surface area contributed by atoms with Crippen LogP contribution in [0.4, 0.5) is 17.1 Å². The van der Waals surface area contributed by atoms with Crippen LogP contribution in [0.2, 0.25) is 0 Å². The molecule has 0 amide bonds. The molecule has 1 aromatic heterocycles. The molecule has 0 radical (unpaired) electrons. The molecule has 2 nitrogen and oxygen atoms in total. The number of benzene rings is 7. The second kappa shape index (κ2) is 12.1. The van der Waals surface area contributed by atoms with Crippen LogP contribution in [0.15, 0.2) is 174 Å². The summed E-state index contributed by atoms with van der Waals surface area (Å²) in [5, 5.41) is 2.27. The summed E-state index contributed by atoms with van der Waals surface area (Å²) >= 11 is 0. The highest BCUT2D eigenvalue weighted by molar-refractivity contribution is 6.06. The Morgan fingerprint density at radius 1 is 0.396 bits per heavy atom. The molecule has 0 saturated carbocycles. The van der Waals surface area contributed by atoms with Crippen LogP contribution >= 0.6 is 0 Å². The Hall–Kier alpha value is -5.86. The Balaban J connectivity index is 1.29. The largest absolute Gasteiger partial charge is 0.456 e. The van der Waals surface area contributed by atoms with Gasteiger partial charge >= 0.3 is 0 Å². The molecule has 0 aliphatic carbocycles. The molecule has 48 heavy (non-hydrogen) atoms. The quantitative estimate of drug-likeness (QED) is 0.184. The monoisotopic (exact) mass is 619 g/mol. The van der Waals surface area contributed by atoms with Crippen LogP contribution in [-0.2, 0) is 5.41 Å². The molecular formula is C46H37NO. The van der Waals surface area contributed by atoms with Gasteiger partial charge in [0.05, 0.1) is 0 Å². The lowest BCUT2D eigenvalue weighted by atomic mass is 9.83. The van der Waals surface area contributed by atoms with Crippen LogP contribution in [-0.4, -0.2) is 0 Å². The SMILES string of the molecule is CC(C)(C)c1cc(-c2ccccc2)ccc1N(c1ccc(-c2ccccc2)cc1)c1cccc(-c2ccc3oc4ccccc4c3c2)c1. The molecule has 0 unspecified atom stereocenters. The first-order chi connectivity index (χ1) is 23.4. The normalized spacial score (nSPS) is 11.6. The van der Waals surface area contributed by atoms with Crippen molar-refractivity contribution < 1.29 is 4.42 Å². The molecule has 7 aromatic carbocycles. The maximum atomic E-state index is 6.14. The third-order valence-corrected chi connectivity index (χ3v) is 9.20. The number of anilines is 3. The van der Waals surface area contributed by atoms with Gasteiger partial charge in [0.25, 0.3) is 0 Å². The summed E-state index contributed by atoms with van der Waals surface area (Å²) in [5.74, 6) is 0. The molecule has 0 bridgehead atoms. The number of para-hydroxylation sites is 1. The van der Waals surface area contributed by atoms with Crippen LogP contribution in [0.25, 0.3) is 55.3 Å². The van der Waals surface area contributed by atoms with Gasteiger partial charge in [0.15, 0.2) is 0 Å². The van der Waals surface area contributed by atoms with E-state index in [9.17, 15) is 0 Å². The molecule has 0 saturated heterocycles. The molecule has 0 aliphatic rings. The van der Waals surface area contributed by atoms with Gasteiger partial charge in [0.1, 0.15) is 11.2 Å². The van der Waals surface area contributed by atoms with Gasteiger partial charge in [-0.15, -0.1) is 0 Å². The lowest BCUT2D eigenvalue weighted by molar-refractivity contribution is 0.591. The number of hydrogen-bond donors (Lipinski definition) is 0. The lowest BCUT2D eigenvalue weighted by Crippen LogP contribution is -2.19. The zero-order valence-electron chi connectivity index (χ0n) is 27.5. The van der Waals surface area contributed by atoms with Crippen molar-refractivity contribution in [2.24, 2.45) is 0 Å². The zero-order valence-corrected chi connectivity index (χ0v) is 27.5. The molecule has 232 valence electrons. The van der Waals surface area contributed by atoms with Crippen molar-refractivity contribution in [2.45, 2.75) is 26.2 Å². The highest BCUT2D eigenvalue weighted by Crippen LogP contribution is 2.44. The average molecular weight is 620 g/mol. The van der Waals surface area contributed by atoms with Crippen molar-refractivity contribution in [1.82, 2.24) is 0 Å². The van der Waals surface area contributed by atoms with E-state index in [2.05, 4.69) is 183 Å². The molecule has 0 fully saturated rings. The third-order valence-electron chi connectivity index (χ3n) is 9.20. The van der Waals surface area contributed by atoms with Crippen molar-refractivity contribution in [1.29, 1.82) is 0 Å². The number of rotatable bonds is 6. The second-order valence-electron chi connectivity index (χ2n) is 13.5. The molecule has 0 N–H and O–H groups in total. The van der Waals surface area contributed by atoms with Gasteiger partial charge in [-0.3, -0.25) is 0 Å². The number of fused-ring (bicyclic) bond motifs is 3. The first kappa shape index (κ1) is 29.5. The third kappa shape index (κ3) is 5.56. The fourth-order valence-electron chi connectivity index (χ4n) is 6.73. The summed E-state index contributed by atoms with van der Waals surface area (Å²) in [6.45, 7) is 6.91. The first-order valence-corrected chi connectivity index (χ1v) is 16.6. The maximum absolute atomic E-state index is 6.14. The van der Waals surface area contributed by atoms with Gasteiger partial charge in [0.2, 0.25) is 0 Å². The summed E-state index contributed by atoms with van der Waals surface area (Å²) in [7, 11) is 0. The van der Waals surface area contributed by atoms with Crippen molar-refractivity contribution >= 4 is 39.0 Å².